The second kappa shape index (κ2) is 6.47. The molecule has 0 radical (unpaired) electrons. The summed E-state index contributed by atoms with van der Waals surface area (Å²) in [7, 11) is 1.61. The van der Waals surface area contributed by atoms with Crippen LogP contribution in [0.1, 0.15) is 18.4 Å². The van der Waals surface area contributed by atoms with Gasteiger partial charge in [-0.3, -0.25) is 4.57 Å². The monoisotopic (exact) mass is 415 g/mol. The lowest BCUT2D eigenvalue weighted by Crippen LogP contribution is -2.49. The molecule has 1 saturated heterocycles. The summed E-state index contributed by atoms with van der Waals surface area (Å²) in [6, 6.07) is 1.88. The van der Waals surface area contributed by atoms with E-state index < -0.39 is 5.92 Å². The molecule has 0 amide bonds. The number of pyridine rings is 1. The summed E-state index contributed by atoms with van der Waals surface area (Å²) in [4.78, 5) is 25.8. The first-order chi connectivity index (χ1) is 14.3. The molecule has 0 atom stereocenters. The highest BCUT2D eigenvalue weighted by atomic mass is 19.3. The number of nitrogens with zero attached hydrogens (tertiary/aromatic N) is 8. The third kappa shape index (κ3) is 2.95. The summed E-state index contributed by atoms with van der Waals surface area (Å²) in [5.41, 5.74) is 2.91. The maximum atomic E-state index is 13.6. The van der Waals surface area contributed by atoms with Crippen molar-refractivity contribution in [2.24, 2.45) is 7.05 Å². The fraction of sp³-hybridized carbons (Fsp3) is 0.389. The molecule has 0 aromatic carbocycles. The first kappa shape index (κ1) is 18.5. The van der Waals surface area contributed by atoms with Crippen LogP contribution in [0, 0.1) is 6.92 Å². The van der Waals surface area contributed by atoms with Gasteiger partial charge in [0.2, 0.25) is 5.95 Å². The standard InChI is InChI=1S/C18H19F2N9O/c1-11-7-14-22-10-23-28(14)9-12(11)24-16-21-8-13-15(25-16)29(17(30)26(13)2)27-5-3-18(19,20)4-6-27/h7-10H,3-6H2,1-2H3,(H,21,24,25). The largest absolute Gasteiger partial charge is 0.349 e. The van der Waals surface area contributed by atoms with Gasteiger partial charge >= 0.3 is 5.69 Å². The van der Waals surface area contributed by atoms with Crippen molar-refractivity contribution < 1.29 is 8.78 Å². The van der Waals surface area contributed by atoms with Crippen molar-refractivity contribution >= 4 is 28.4 Å². The summed E-state index contributed by atoms with van der Waals surface area (Å²) < 4.78 is 31.6. The van der Waals surface area contributed by atoms with Gasteiger partial charge in [0.25, 0.3) is 5.92 Å². The number of rotatable bonds is 3. The van der Waals surface area contributed by atoms with Crippen LogP contribution in [0.5, 0.6) is 0 Å². The van der Waals surface area contributed by atoms with Gasteiger partial charge in [0, 0.05) is 33.0 Å². The minimum Gasteiger partial charge on any atom is -0.323 e. The molecule has 0 bridgehead atoms. The summed E-state index contributed by atoms with van der Waals surface area (Å²) in [5.74, 6) is -2.42. The van der Waals surface area contributed by atoms with Crippen LogP contribution < -0.4 is 16.0 Å². The maximum absolute atomic E-state index is 13.6. The number of aromatic nitrogens is 7. The van der Waals surface area contributed by atoms with Crippen LogP contribution in [0.4, 0.5) is 20.4 Å². The fourth-order valence-electron chi connectivity index (χ4n) is 3.64. The maximum Gasteiger partial charge on any atom is 0.349 e. The van der Waals surface area contributed by atoms with Crippen LogP contribution in [0.25, 0.3) is 16.8 Å². The van der Waals surface area contributed by atoms with Gasteiger partial charge in [-0.2, -0.15) is 14.8 Å². The van der Waals surface area contributed by atoms with E-state index in [1.54, 1.807) is 29.0 Å². The van der Waals surface area contributed by atoms with E-state index in [-0.39, 0.29) is 37.6 Å². The Kier molecular flexibility index (Phi) is 3.98. The summed E-state index contributed by atoms with van der Waals surface area (Å²) in [5, 5.41) is 8.88. The number of halogens is 2. The summed E-state index contributed by atoms with van der Waals surface area (Å²) >= 11 is 0. The van der Waals surface area contributed by atoms with Gasteiger partial charge in [0.05, 0.1) is 18.1 Å². The number of alkyl halides is 2. The molecule has 5 rings (SSSR count). The Balaban J connectivity index is 1.54. The van der Waals surface area contributed by atoms with Crippen molar-refractivity contribution in [1.82, 2.24) is 33.8 Å². The summed E-state index contributed by atoms with van der Waals surface area (Å²) in [6.45, 7) is 2.06. The Bertz CT molecular complexity index is 1310. The molecule has 1 aliphatic rings. The zero-order valence-electron chi connectivity index (χ0n) is 16.4. The molecular formula is C18H19F2N9O. The lowest BCUT2D eigenvalue weighted by molar-refractivity contribution is -0.0258. The van der Waals surface area contributed by atoms with E-state index in [0.717, 1.165) is 11.3 Å². The molecule has 4 aromatic heterocycles. The van der Waals surface area contributed by atoms with Gasteiger partial charge in [-0.15, -0.1) is 0 Å². The number of piperidine rings is 1. The number of nitrogens with one attached hydrogen (secondary N) is 1. The van der Waals surface area contributed by atoms with E-state index >= 15 is 0 Å². The van der Waals surface area contributed by atoms with Crippen molar-refractivity contribution in [3.8, 4) is 0 Å². The quantitative estimate of drug-likeness (QED) is 0.543. The Hall–Kier alpha value is -3.57. The molecule has 0 aliphatic carbocycles. The van der Waals surface area contributed by atoms with Gasteiger partial charge in [0.1, 0.15) is 11.8 Å². The smallest absolute Gasteiger partial charge is 0.323 e. The molecule has 156 valence electrons. The molecule has 1 aliphatic heterocycles. The average Bonchev–Trinajstić information content (AvgIpc) is 3.25. The molecule has 0 spiro atoms. The third-order valence-electron chi connectivity index (χ3n) is 5.40. The van der Waals surface area contributed by atoms with Crippen LogP contribution >= 0.6 is 0 Å². The number of anilines is 2. The average molecular weight is 415 g/mol. The lowest BCUT2D eigenvalue weighted by Gasteiger charge is -2.33. The normalized spacial score (nSPS) is 16.5. The highest BCUT2D eigenvalue weighted by Crippen LogP contribution is 2.27. The molecular weight excluding hydrogens is 396 g/mol. The number of imidazole rings is 1. The molecule has 30 heavy (non-hydrogen) atoms. The Morgan fingerprint density at radius 2 is 1.97 bits per heavy atom. The second-order valence-electron chi connectivity index (χ2n) is 7.42. The zero-order valence-corrected chi connectivity index (χ0v) is 16.4. The number of aryl methyl sites for hydroxylation is 2. The Morgan fingerprint density at radius 3 is 2.73 bits per heavy atom. The molecule has 0 saturated carbocycles. The van der Waals surface area contributed by atoms with Gasteiger partial charge in [0.15, 0.2) is 11.3 Å². The van der Waals surface area contributed by atoms with Crippen LogP contribution in [-0.2, 0) is 7.05 Å². The molecule has 4 aromatic rings. The summed E-state index contributed by atoms with van der Waals surface area (Å²) in [6.07, 6.45) is 4.18. The van der Waals surface area contributed by atoms with Gasteiger partial charge in [-0.1, -0.05) is 0 Å². The topological polar surface area (TPSA) is 98.2 Å². The molecule has 5 heterocycles. The van der Waals surface area contributed by atoms with E-state index in [1.165, 1.54) is 15.6 Å². The number of hydrogen-bond acceptors (Lipinski definition) is 7. The van der Waals surface area contributed by atoms with Gasteiger partial charge in [-0.05, 0) is 18.6 Å². The lowest BCUT2D eigenvalue weighted by atomic mass is 10.1. The predicted molar refractivity (Wildman–Crippen MR) is 106 cm³/mol. The SMILES string of the molecule is Cc1cc2ncnn2cc1Nc1ncc2c(n1)n(N1CCC(F)(F)CC1)c(=O)n2C. The van der Waals surface area contributed by atoms with Crippen LogP contribution in [0.15, 0.2) is 29.6 Å². The van der Waals surface area contributed by atoms with Crippen LogP contribution in [-0.4, -0.2) is 52.8 Å². The van der Waals surface area contributed by atoms with E-state index in [4.69, 9.17) is 0 Å². The van der Waals surface area contributed by atoms with E-state index in [9.17, 15) is 13.6 Å². The van der Waals surface area contributed by atoms with Gasteiger partial charge < -0.3 is 10.3 Å². The zero-order chi connectivity index (χ0) is 21.0. The number of fused-ring (bicyclic) bond motifs is 2. The minimum atomic E-state index is -2.70. The third-order valence-corrected chi connectivity index (χ3v) is 5.40. The van der Waals surface area contributed by atoms with Gasteiger partial charge in [-0.25, -0.2) is 28.1 Å². The van der Waals surface area contributed by atoms with Crippen molar-refractivity contribution in [1.29, 1.82) is 0 Å². The van der Waals surface area contributed by atoms with Crippen molar-refractivity contribution in [2.75, 3.05) is 23.4 Å². The van der Waals surface area contributed by atoms with Crippen molar-refractivity contribution in [3.63, 3.8) is 0 Å². The van der Waals surface area contributed by atoms with Crippen molar-refractivity contribution in [3.05, 3.63) is 40.8 Å². The highest BCUT2D eigenvalue weighted by Gasteiger charge is 2.35. The Labute approximate surface area is 168 Å². The minimum absolute atomic E-state index is 0.0703. The highest BCUT2D eigenvalue weighted by molar-refractivity contribution is 5.73. The van der Waals surface area contributed by atoms with E-state index in [2.05, 4.69) is 25.4 Å². The molecule has 1 N–H and O–H groups in total. The van der Waals surface area contributed by atoms with E-state index in [0.29, 0.717) is 16.8 Å². The van der Waals surface area contributed by atoms with Crippen molar-refractivity contribution in [2.45, 2.75) is 25.7 Å². The molecule has 0 unspecified atom stereocenters. The first-order valence-corrected chi connectivity index (χ1v) is 9.47. The Morgan fingerprint density at radius 1 is 1.20 bits per heavy atom. The number of hydrogen-bond donors (Lipinski definition) is 1. The van der Waals surface area contributed by atoms with Crippen LogP contribution in [0.2, 0.25) is 0 Å². The second-order valence-corrected chi connectivity index (χ2v) is 7.42. The molecule has 12 heteroatoms. The van der Waals surface area contributed by atoms with E-state index in [1.807, 2.05) is 13.0 Å². The molecule has 1 fully saturated rings. The first-order valence-electron chi connectivity index (χ1n) is 9.47. The molecule has 10 nitrogen and oxygen atoms in total. The van der Waals surface area contributed by atoms with Crippen LogP contribution in [0.3, 0.4) is 0 Å². The predicted octanol–water partition coefficient (Wildman–Crippen LogP) is 1.59. The fourth-order valence-corrected chi connectivity index (χ4v) is 3.64.